The van der Waals surface area contributed by atoms with Crippen LogP contribution in [0.1, 0.15) is 24.0 Å². The summed E-state index contributed by atoms with van der Waals surface area (Å²) in [7, 11) is 0. The normalized spacial score (nSPS) is 13.5. The van der Waals surface area contributed by atoms with Gasteiger partial charge in [-0.15, -0.1) is 0 Å². The molecular weight excluding hydrogens is 256 g/mol. The number of carboxylic acid groups (broad SMARTS) is 1. The van der Waals surface area contributed by atoms with E-state index < -0.39 is 5.97 Å². The second kappa shape index (κ2) is 4.19. The largest absolute Gasteiger partial charge is 0.481 e. The second-order valence-corrected chi connectivity index (χ2v) is 4.54. The molecule has 0 saturated carbocycles. The maximum Gasteiger partial charge on any atom is 0.303 e. The molecule has 2 nitrogen and oxygen atoms in total. The first-order chi connectivity index (χ1) is 7.16. The van der Waals surface area contributed by atoms with Crippen molar-refractivity contribution in [2.24, 2.45) is 0 Å². The van der Waals surface area contributed by atoms with Crippen LogP contribution in [0.15, 0.2) is 28.7 Å². The molecule has 0 unspecified atom stereocenters. The van der Waals surface area contributed by atoms with Crippen molar-refractivity contribution in [1.82, 2.24) is 0 Å². The van der Waals surface area contributed by atoms with Crippen molar-refractivity contribution in [1.29, 1.82) is 0 Å². The summed E-state index contributed by atoms with van der Waals surface area (Å²) in [5, 5.41) is 8.64. The molecule has 1 aromatic rings. The van der Waals surface area contributed by atoms with Crippen LogP contribution in [-0.4, -0.2) is 11.1 Å². The van der Waals surface area contributed by atoms with Crippen LogP contribution in [0.5, 0.6) is 0 Å². The van der Waals surface area contributed by atoms with E-state index in [4.69, 9.17) is 5.11 Å². The van der Waals surface area contributed by atoms with Gasteiger partial charge in [0, 0.05) is 10.9 Å². The Bertz CT molecular complexity index is 435. The number of allylic oxidation sites excluding steroid dienone is 2. The van der Waals surface area contributed by atoms with E-state index in [-0.39, 0.29) is 6.42 Å². The predicted octanol–water partition coefficient (Wildman–Crippen LogP) is 3.25. The lowest BCUT2D eigenvalue weighted by molar-refractivity contribution is -0.136. The van der Waals surface area contributed by atoms with Crippen LogP contribution < -0.4 is 0 Å². The van der Waals surface area contributed by atoms with Gasteiger partial charge >= 0.3 is 5.97 Å². The molecule has 2 rings (SSSR count). The first kappa shape index (κ1) is 10.4. The highest BCUT2D eigenvalue weighted by Gasteiger charge is 2.14. The highest BCUT2D eigenvalue weighted by atomic mass is 79.9. The van der Waals surface area contributed by atoms with E-state index in [1.807, 2.05) is 6.07 Å². The standard InChI is InChI=1S/C12H11BrO2/c13-10-5-3-8-1-2-9(11(8)7-10)4-6-12(14)15/h2-3,5,7H,1,4,6H2,(H,14,15). The van der Waals surface area contributed by atoms with Gasteiger partial charge in [0.25, 0.3) is 0 Å². The lowest BCUT2D eigenvalue weighted by atomic mass is 10.0. The summed E-state index contributed by atoms with van der Waals surface area (Å²) in [6.07, 6.45) is 3.88. The van der Waals surface area contributed by atoms with Gasteiger partial charge in [-0.25, -0.2) is 0 Å². The molecule has 3 heteroatoms. The Morgan fingerprint density at radius 1 is 1.47 bits per heavy atom. The topological polar surface area (TPSA) is 37.3 Å². The number of benzene rings is 1. The third-order valence-electron chi connectivity index (χ3n) is 2.59. The van der Waals surface area contributed by atoms with Gasteiger partial charge in [0.15, 0.2) is 0 Å². The van der Waals surface area contributed by atoms with E-state index in [2.05, 4.69) is 34.1 Å². The minimum Gasteiger partial charge on any atom is -0.481 e. The van der Waals surface area contributed by atoms with Crippen molar-refractivity contribution in [2.45, 2.75) is 19.3 Å². The van der Waals surface area contributed by atoms with Crippen molar-refractivity contribution in [3.05, 3.63) is 39.9 Å². The van der Waals surface area contributed by atoms with E-state index in [1.165, 1.54) is 11.1 Å². The highest BCUT2D eigenvalue weighted by Crippen LogP contribution is 2.32. The summed E-state index contributed by atoms with van der Waals surface area (Å²) in [4.78, 5) is 10.5. The smallest absolute Gasteiger partial charge is 0.303 e. The fourth-order valence-corrected chi connectivity index (χ4v) is 2.21. The van der Waals surface area contributed by atoms with Gasteiger partial charge in [0.1, 0.15) is 0 Å². The molecule has 0 atom stereocenters. The second-order valence-electron chi connectivity index (χ2n) is 3.63. The Hall–Kier alpha value is -1.09. The Balaban J connectivity index is 2.19. The third-order valence-corrected chi connectivity index (χ3v) is 3.09. The quantitative estimate of drug-likeness (QED) is 0.912. The van der Waals surface area contributed by atoms with Crippen LogP contribution in [0.4, 0.5) is 0 Å². The predicted molar refractivity (Wildman–Crippen MR) is 62.7 cm³/mol. The third kappa shape index (κ3) is 2.29. The number of hydrogen-bond donors (Lipinski definition) is 1. The average molecular weight is 267 g/mol. The maximum atomic E-state index is 10.5. The molecule has 1 aliphatic rings. The zero-order chi connectivity index (χ0) is 10.8. The summed E-state index contributed by atoms with van der Waals surface area (Å²) < 4.78 is 1.05. The minimum absolute atomic E-state index is 0.206. The first-order valence-electron chi connectivity index (χ1n) is 4.86. The molecule has 15 heavy (non-hydrogen) atoms. The van der Waals surface area contributed by atoms with Crippen molar-refractivity contribution < 1.29 is 9.90 Å². The van der Waals surface area contributed by atoms with Crippen LogP contribution in [0.25, 0.3) is 5.57 Å². The fourth-order valence-electron chi connectivity index (χ4n) is 1.85. The Kier molecular flexibility index (Phi) is 2.91. The maximum absolute atomic E-state index is 10.5. The van der Waals surface area contributed by atoms with E-state index in [0.717, 1.165) is 16.5 Å². The summed E-state index contributed by atoms with van der Waals surface area (Å²) in [5.41, 5.74) is 3.65. The Morgan fingerprint density at radius 3 is 3.00 bits per heavy atom. The molecular formula is C12H11BrO2. The number of halogens is 1. The molecule has 1 aromatic carbocycles. The number of hydrogen-bond acceptors (Lipinski definition) is 1. The van der Waals surface area contributed by atoms with Crippen molar-refractivity contribution in [2.75, 3.05) is 0 Å². The number of fused-ring (bicyclic) bond motifs is 1. The summed E-state index contributed by atoms with van der Waals surface area (Å²) >= 11 is 3.43. The number of carbonyl (C=O) groups is 1. The Morgan fingerprint density at radius 2 is 2.27 bits per heavy atom. The fraction of sp³-hybridized carbons (Fsp3) is 0.250. The lowest BCUT2D eigenvalue weighted by Gasteiger charge is -2.04. The van der Waals surface area contributed by atoms with Crippen molar-refractivity contribution in [3.8, 4) is 0 Å². The van der Waals surface area contributed by atoms with Gasteiger partial charge in [0.05, 0.1) is 0 Å². The molecule has 0 amide bonds. The van der Waals surface area contributed by atoms with Crippen LogP contribution in [-0.2, 0) is 11.2 Å². The molecule has 0 fully saturated rings. The lowest BCUT2D eigenvalue weighted by Crippen LogP contribution is -1.94. The van der Waals surface area contributed by atoms with Gasteiger partial charge < -0.3 is 5.11 Å². The molecule has 1 aliphatic carbocycles. The first-order valence-corrected chi connectivity index (χ1v) is 5.66. The molecule has 78 valence electrons. The molecule has 1 N–H and O–H groups in total. The zero-order valence-electron chi connectivity index (χ0n) is 8.16. The highest BCUT2D eigenvalue weighted by molar-refractivity contribution is 9.10. The van der Waals surface area contributed by atoms with Gasteiger partial charge in [-0.2, -0.15) is 0 Å². The summed E-state index contributed by atoms with van der Waals surface area (Å²) in [6.45, 7) is 0. The minimum atomic E-state index is -0.737. The average Bonchev–Trinajstić information content (AvgIpc) is 2.57. The van der Waals surface area contributed by atoms with Gasteiger partial charge in [0.2, 0.25) is 0 Å². The van der Waals surface area contributed by atoms with Gasteiger partial charge in [-0.1, -0.05) is 28.1 Å². The molecule has 0 saturated heterocycles. The van der Waals surface area contributed by atoms with Crippen molar-refractivity contribution in [3.63, 3.8) is 0 Å². The van der Waals surface area contributed by atoms with Crippen LogP contribution in [0, 0.1) is 0 Å². The molecule has 0 radical (unpaired) electrons. The van der Waals surface area contributed by atoms with Crippen LogP contribution >= 0.6 is 15.9 Å². The van der Waals surface area contributed by atoms with Crippen molar-refractivity contribution >= 4 is 27.5 Å². The zero-order valence-corrected chi connectivity index (χ0v) is 9.75. The van der Waals surface area contributed by atoms with E-state index in [0.29, 0.717) is 6.42 Å². The van der Waals surface area contributed by atoms with E-state index in [9.17, 15) is 4.79 Å². The number of aliphatic carboxylic acids is 1. The van der Waals surface area contributed by atoms with E-state index in [1.54, 1.807) is 0 Å². The van der Waals surface area contributed by atoms with Crippen LogP contribution in [0.2, 0.25) is 0 Å². The molecule has 0 spiro atoms. The molecule has 0 aliphatic heterocycles. The SMILES string of the molecule is O=C(O)CCC1=CCc2ccc(Br)cc21. The molecule has 0 aromatic heterocycles. The van der Waals surface area contributed by atoms with Crippen LogP contribution in [0.3, 0.4) is 0 Å². The number of rotatable bonds is 3. The van der Waals surface area contributed by atoms with Gasteiger partial charge in [-0.3, -0.25) is 4.79 Å². The summed E-state index contributed by atoms with van der Waals surface area (Å²) in [5.74, 6) is -0.737. The molecule has 0 bridgehead atoms. The number of carboxylic acids is 1. The van der Waals surface area contributed by atoms with E-state index >= 15 is 0 Å². The Labute approximate surface area is 96.7 Å². The summed E-state index contributed by atoms with van der Waals surface area (Å²) in [6, 6.07) is 6.17. The van der Waals surface area contributed by atoms with Gasteiger partial charge in [-0.05, 0) is 41.7 Å². The monoisotopic (exact) mass is 266 g/mol. The molecule has 0 heterocycles.